The van der Waals surface area contributed by atoms with Gasteiger partial charge in [-0.15, -0.1) is 22.7 Å². The fourth-order valence-corrected chi connectivity index (χ4v) is 12.3. The first-order valence-corrected chi connectivity index (χ1v) is 23.7. The fraction of sp³-hybridized carbons (Fsp3) is 0. The van der Waals surface area contributed by atoms with E-state index < -0.39 is 0 Å². The molecule has 306 valence electrons. The van der Waals surface area contributed by atoms with Crippen molar-refractivity contribution >= 4 is 107 Å². The molecular formula is C60H34N4S2. The molecule has 6 aromatic heterocycles. The SMILES string of the molecule is c1ccc(-c2cc(-c3cccc4c3sc3ccccc34)nc3c2ccc2ccc(-c4cccc(-c5ccc6ccc7ccc(-c8cccc9c8sc8ccccc89)nc7c6n5)c4)nc23)cc1. The largest absolute Gasteiger partial charge is 0.245 e. The van der Waals surface area contributed by atoms with E-state index in [1.54, 1.807) is 0 Å². The minimum absolute atomic E-state index is 0.876. The third-order valence-electron chi connectivity index (χ3n) is 13.1. The summed E-state index contributed by atoms with van der Waals surface area (Å²) in [6.07, 6.45) is 0. The molecule has 6 heterocycles. The van der Waals surface area contributed by atoms with Crippen LogP contribution in [0.4, 0.5) is 0 Å². The van der Waals surface area contributed by atoms with Crippen molar-refractivity contribution in [1.82, 2.24) is 19.9 Å². The highest BCUT2D eigenvalue weighted by Gasteiger charge is 2.18. The predicted octanol–water partition coefficient (Wildman–Crippen LogP) is 17.0. The summed E-state index contributed by atoms with van der Waals surface area (Å²) in [5.74, 6) is 0. The van der Waals surface area contributed by atoms with Crippen LogP contribution in [0.3, 0.4) is 0 Å². The normalized spacial score (nSPS) is 11.9. The molecule has 0 aliphatic rings. The Morgan fingerprint density at radius 1 is 0.258 bits per heavy atom. The Kier molecular flexibility index (Phi) is 8.29. The topological polar surface area (TPSA) is 51.6 Å². The van der Waals surface area contributed by atoms with E-state index in [0.29, 0.717) is 0 Å². The first kappa shape index (κ1) is 37.2. The van der Waals surface area contributed by atoms with Gasteiger partial charge >= 0.3 is 0 Å². The molecule has 0 unspecified atom stereocenters. The average Bonchev–Trinajstić information content (AvgIpc) is 3.97. The lowest BCUT2D eigenvalue weighted by Gasteiger charge is -2.13. The van der Waals surface area contributed by atoms with Crippen LogP contribution in [0.1, 0.15) is 0 Å². The van der Waals surface area contributed by atoms with Crippen molar-refractivity contribution in [1.29, 1.82) is 0 Å². The second-order valence-corrected chi connectivity index (χ2v) is 19.0. The van der Waals surface area contributed by atoms with Crippen LogP contribution in [-0.4, -0.2) is 19.9 Å². The highest BCUT2D eigenvalue weighted by atomic mass is 32.1. The number of thiophene rings is 2. The lowest BCUT2D eigenvalue weighted by Crippen LogP contribution is -1.94. The number of rotatable bonds is 5. The number of nitrogens with zero attached hydrogens (tertiary/aromatic N) is 4. The van der Waals surface area contributed by atoms with Crippen molar-refractivity contribution in [3.8, 4) is 56.2 Å². The molecule has 0 bridgehead atoms. The van der Waals surface area contributed by atoms with Gasteiger partial charge in [0.25, 0.3) is 0 Å². The molecule has 0 N–H and O–H groups in total. The maximum Gasteiger partial charge on any atom is 0.0978 e. The minimum Gasteiger partial charge on any atom is -0.245 e. The van der Waals surface area contributed by atoms with Crippen molar-refractivity contribution in [2.45, 2.75) is 0 Å². The Morgan fingerprint density at radius 3 is 1.32 bits per heavy atom. The van der Waals surface area contributed by atoms with Gasteiger partial charge in [-0.3, -0.25) is 0 Å². The van der Waals surface area contributed by atoms with E-state index in [4.69, 9.17) is 19.9 Å². The number of pyridine rings is 4. The van der Waals surface area contributed by atoms with Gasteiger partial charge in [0.05, 0.1) is 44.8 Å². The number of hydrogen-bond acceptors (Lipinski definition) is 6. The number of fused-ring (bicyclic) bond motifs is 12. The maximum atomic E-state index is 5.51. The molecule has 14 aromatic rings. The fourth-order valence-electron chi connectivity index (χ4n) is 9.84. The molecular weight excluding hydrogens is 841 g/mol. The zero-order chi connectivity index (χ0) is 43.3. The van der Waals surface area contributed by atoms with E-state index in [-0.39, 0.29) is 0 Å². The molecule has 0 aliphatic carbocycles. The van der Waals surface area contributed by atoms with Crippen molar-refractivity contribution in [3.63, 3.8) is 0 Å². The van der Waals surface area contributed by atoms with Gasteiger partial charge < -0.3 is 0 Å². The van der Waals surface area contributed by atoms with E-state index in [9.17, 15) is 0 Å². The Balaban J connectivity index is 0.900. The standard InChI is InChI=1S/C60H34N4S2/c1-2-11-35(12-3-1)48-34-52(47-20-10-18-45-42-16-5-7-22-54(42)66-60(45)47)64-58-43(48)29-25-38-27-31-50(62-57(38)58)40-14-8-13-39(33-40)49-30-26-36-23-24-37-28-32-51(63-56(37)55(36)61-49)46-19-9-17-44-41-15-4-6-21-53(41)65-59(44)46/h1-34H. The minimum atomic E-state index is 0.876. The van der Waals surface area contributed by atoms with Crippen LogP contribution in [0.15, 0.2) is 206 Å². The Morgan fingerprint density at radius 2 is 0.697 bits per heavy atom. The van der Waals surface area contributed by atoms with Crippen LogP contribution in [0.25, 0.3) is 140 Å². The van der Waals surface area contributed by atoms with Gasteiger partial charge in [0, 0.05) is 84.1 Å². The third kappa shape index (κ3) is 5.89. The Bertz CT molecular complexity index is 4300. The molecule has 4 nitrogen and oxygen atoms in total. The van der Waals surface area contributed by atoms with Crippen LogP contribution < -0.4 is 0 Å². The van der Waals surface area contributed by atoms with Crippen molar-refractivity contribution in [2.24, 2.45) is 0 Å². The van der Waals surface area contributed by atoms with Gasteiger partial charge in [-0.1, -0.05) is 164 Å². The molecule has 0 aliphatic heterocycles. The van der Waals surface area contributed by atoms with Gasteiger partial charge in [-0.25, -0.2) is 19.9 Å². The zero-order valence-corrected chi connectivity index (χ0v) is 36.9. The van der Waals surface area contributed by atoms with Crippen LogP contribution in [0.5, 0.6) is 0 Å². The maximum absolute atomic E-state index is 5.51. The first-order chi connectivity index (χ1) is 32.7. The molecule has 6 heteroatoms. The van der Waals surface area contributed by atoms with Crippen LogP contribution in [0, 0.1) is 0 Å². The molecule has 0 spiro atoms. The number of benzene rings is 8. The molecule has 0 amide bonds. The molecule has 0 fully saturated rings. The highest BCUT2D eigenvalue weighted by Crippen LogP contribution is 2.43. The molecule has 0 saturated carbocycles. The summed E-state index contributed by atoms with van der Waals surface area (Å²) < 4.78 is 5.06. The van der Waals surface area contributed by atoms with Gasteiger partial charge in [0.1, 0.15) is 0 Å². The van der Waals surface area contributed by atoms with Crippen molar-refractivity contribution in [2.75, 3.05) is 0 Å². The summed E-state index contributed by atoms with van der Waals surface area (Å²) in [5.41, 5.74) is 13.8. The summed E-state index contributed by atoms with van der Waals surface area (Å²) in [6, 6.07) is 73.5. The van der Waals surface area contributed by atoms with E-state index in [1.165, 1.54) is 40.3 Å². The van der Waals surface area contributed by atoms with Crippen molar-refractivity contribution < 1.29 is 0 Å². The summed E-state index contributed by atoms with van der Waals surface area (Å²) >= 11 is 3.66. The zero-order valence-electron chi connectivity index (χ0n) is 35.2. The number of aromatic nitrogens is 4. The summed E-state index contributed by atoms with van der Waals surface area (Å²) in [6.45, 7) is 0. The predicted molar refractivity (Wildman–Crippen MR) is 281 cm³/mol. The van der Waals surface area contributed by atoms with Gasteiger partial charge in [-0.05, 0) is 53.6 Å². The smallest absolute Gasteiger partial charge is 0.0978 e. The average molecular weight is 875 g/mol. The second kappa shape index (κ2) is 14.7. The van der Waals surface area contributed by atoms with E-state index in [1.807, 2.05) is 22.7 Å². The highest BCUT2D eigenvalue weighted by molar-refractivity contribution is 7.26. The van der Waals surface area contributed by atoms with Gasteiger partial charge in [-0.2, -0.15) is 0 Å². The lowest BCUT2D eigenvalue weighted by atomic mass is 9.96. The molecule has 14 rings (SSSR count). The molecule has 8 aromatic carbocycles. The van der Waals surface area contributed by atoms with E-state index in [2.05, 4.69) is 206 Å². The molecule has 0 radical (unpaired) electrons. The Labute approximate surface area is 386 Å². The van der Waals surface area contributed by atoms with Crippen LogP contribution in [-0.2, 0) is 0 Å². The molecule has 0 atom stereocenters. The number of hydrogen-bond donors (Lipinski definition) is 0. The summed E-state index contributed by atoms with van der Waals surface area (Å²) in [5, 5.41) is 9.32. The van der Waals surface area contributed by atoms with Crippen LogP contribution in [0.2, 0.25) is 0 Å². The summed E-state index contributed by atoms with van der Waals surface area (Å²) in [4.78, 5) is 21.7. The molecule has 0 saturated heterocycles. The van der Waals surface area contributed by atoms with E-state index >= 15 is 0 Å². The second-order valence-electron chi connectivity index (χ2n) is 16.9. The van der Waals surface area contributed by atoms with Crippen LogP contribution >= 0.6 is 22.7 Å². The quantitative estimate of drug-likeness (QED) is 0.162. The third-order valence-corrected chi connectivity index (χ3v) is 15.5. The first-order valence-electron chi connectivity index (χ1n) is 22.1. The monoisotopic (exact) mass is 874 g/mol. The van der Waals surface area contributed by atoms with E-state index in [0.717, 1.165) is 99.8 Å². The molecule has 66 heavy (non-hydrogen) atoms. The van der Waals surface area contributed by atoms with Crippen molar-refractivity contribution in [3.05, 3.63) is 206 Å². The van der Waals surface area contributed by atoms with Gasteiger partial charge in [0.15, 0.2) is 0 Å². The van der Waals surface area contributed by atoms with Gasteiger partial charge in [0.2, 0.25) is 0 Å². The Hall–Kier alpha value is -8.16. The summed E-state index contributed by atoms with van der Waals surface area (Å²) in [7, 11) is 0. The lowest BCUT2D eigenvalue weighted by molar-refractivity contribution is 1.36.